The third-order valence-corrected chi connectivity index (χ3v) is 9.50. The van der Waals surface area contributed by atoms with Crippen LogP contribution in [0.4, 0.5) is 10.1 Å². The van der Waals surface area contributed by atoms with Crippen molar-refractivity contribution < 1.29 is 22.4 Å². The number of hydrogen-bond donors (Lipinski definition) is 1. The van der Waals surface area contributed by atoms with Crippen LogP contribution in [0.15, 0.2) is 102 Å². The predicted molar refractivity (Wildman–Crippen MR) is 176 cm³/mol. The Morgan fingerprint density at radius 2 is 1.51 bits per heavy atom. The van der Waals surface area contributed by atoms with Gasteiger partial charge in [0.05, 0.1) is 10.6 Å². The van der Waals surface area contributed by atoms with Crippen LogP contribution >= 0.6 is 11.6 Å². The standard InChI is InChI=1S/C35H37ClFN3O4S/c1-24(2)38-35(42)33(21-27-10-6-5-7-11-27)39(22-28-12-8-9-13-32(28)37)34(41)23-40(30-17-14-25(3)26(4)20-30)45(43,44)31-18-15-29(36)16-19-31/h5-20,24,33H,21-23H2,1-4H3,(H,38,42)/t33-/m0/s1. The van der Waals surface area contributed by atoms with Crippen molar-refractivity contribution in [3.8, 4) is 0 Å². The van der Waals surface area contributed by atoms with Gasteiger partial charge in [0.25, 0.3) is 10.0 Å². The molecule has 0 aliphatic rings. The Morgan fingerprint density at radius 1 is 0.867 bits per heavy atom. The fourth-order valence-electron chi connectivity index (χ4n) is 4.89. The molecule has 45 heavy (non-hydrogen) atoms. The van der Waals surface area contributed by atoms with E-state index in [0.29, 0.717) is 5.02 Å². The second-order valence-corrected chi connectivity index (χ2v) is 13.5. The average molecular weight is 650 g/mol. The lowest BCUT2D eigenvalue weighted by Crippen LogP contribution is -2.54. The summed E-state index contributed by atoms with van der Waals surface area (Å²) in [7, 11) is -4.28. The Morgan fingerprint density at radius 3 is 2.13 bits per heavy atom. The number of carbonyl (C=O) groups is 2. The van der Waals surface area contributed by atoms with E-state index < -0.39 is 40.2 Å². The minimum atomic E-state index is -4.28. The summed E-state index contributed by atoms with van der Waals surface area (Å²) >= 11 is 6.04. The number of amides is 2. The average Bonchev–Trinajstić information content (AvgIpc) is 3.00. The van der Waals surface area contributed by atoms with E-state index in [-0.39, 0.29) is 35.2 Å². The van der Waals surface area contributed by atoms with Gasteiger partial charge < -0.3 is 10.2 Å². The molecule has 4 aromatic carbocycles. The molecule has 0 spiro atoms. The maximum absolute atomic E-state index is 15.0. The van der Waals surface area contributed by atoms with Crippen molar-refractivity contribution >= 4 is 39.1 Å². The van der Waals surface area contributed by atoms with Crippen molar-refractivity contribution in [2.45, 2.75) is 57.6 Å². The zero-order chi connectivity index (χ0) is 32.7. The summed E-state index contributed by atoms with van der Waals surface area (Å²) < 4.78 is 44.3. The number of sulfonamides is 1. The van der Waals surface area contributed by atoms with Crippen molar-refractivity contribution in [1.82, 2.24) is 10.2 Å². The van der Waals surface area contributed by atoms with Crippen LogP contribution in [0.3, 0.4) is 0 Å². The summed E-state index contributed by atoms with van der Waals surface area (Å²) in [4.78, 5) is 29.4. The molecule has 1 N–H and O–H groups in total. The van der Waals surface area contributed by atoms with Gasteiger partial charge in [-0.1, -0.05) is 66.2 Å². The van der Waals surface area contributed by atoms with E-state index >= 15 is 4.39 Å². The molecule has 0 saturated heterocycles. The number of anilines is 1. The van der Waals surface area contributed by atoms with Crippen LogP contribution in [-0.2, 0) is 32.6 Å². The quantitative estimate of drug-likeness (QED) is 0.191. The van der Waals surface area contributed by atoms with E-state index in [9.17, 15) is 18.0 Å². The molecule has 1 atom stereocenters. The van der Waals surface area contributed by atoms with Crippen LogP contribution in [0.2, 0.25) is 5.02 Å². The molecule has 0 heterocycles. The van der Waals surface area contributed by atoms with Gasteiger partial charge >= 0.3 is 0 Å². The molecule has 0 aliphatic heterocycles. The smallest absolute Gasteiger partial charge is 0.264 e. The zero-order valence-corrected chi connectivity index (χ0v) is 27.3. The van der Waals surface area contributed by atoms with Crippen molar-refractivity contribution in [3.63, 3.8) is 0 Å². The number of halogens is 2. The summed E-state index contributed by atoms with van der Waals surface area (Å²) in [5.74, 6) is -1.65. The molecule has 2 amide bonds. The number of nitrogens with one attached hydrogen (secondary N) is 1. The molecular weight excluding hydrogens is 613 g/mol. The lowest BCUT2D eigenvalue weighted by Gasteiger charge is -2.34. The lowest BCUT2D eigenvalue weighted by molar-refractivity contribution is -0.140. The molecular formula is C35H37ClFN3O4S. The van der Waals surface area contributed by atoms with E-state index in [4.69, 9.17) is 11.6 Å². The molecule has 236 valence electrons. The molecule has 10 heteroatoms. The third kappa shape index (κ3) is 8.49. The molecule has 7 nitrogen and oxygen atoms in total. The maximum atomic E-state index is 15.0. The first kappa shape index (κ1) is 33.7. The number of rotatable bonds is 12. The van der Waals surface area contributed by atoms with Crippen molar-refractivity contribution in [1.29, 1.82) is 0 Å². The summed E-state index contributed by atoms with van der Waals surface area (Å²) in [5.41, 5.74) is 3.03. The lowest BCUT2D eigenvalue weighted by atomic mass is 10.0. The normalized spacial score (nSPS) is 12.1. The fraction of sp³-hybridized carbons (Fsp3) is 0.257. The first-order valence-electron chi connectivity index (χ1n) is 14.6. The van der Waals surface area contributed by atoms with Gasteiger partial charge in [-0.05, 0) is 86.8 Å². The van der Waals surface area contributed by atoms with E-state index in [1.165, 1.54) is 41.3 Å². The number of aryl methyl sites for hydroxylation is 2. The van der Waals surface area contributed by atoms with Gasteiger partial charge in [-0.2, -0.15) is 0 Å². The highest BCUT2D eigenvalue weighted by atomic mass is 35.5. The Balaban J connectivity index is 1.83. The highest BCUT2D eigenvalue weighted by Gasteiger charge is 2.35. The van der Waals surface area contributed by atoms with Crippen LogP contribution in [0.25, 0.3) is 0 Å². The monoisotopic (exact) mass is 649 g/mol. The van der Waals surface area contributed by atoms with Gasteiger partial charge in [-0.3, -0.25) is 13.9 Å². The molecule has 4 aromatic rings. The molecule has 0 aromatic heterocycles. The van der Waals surface area contributed by atoms with Crippen LogP contribution < -0.4 is 9.62 Å². The van der Waals surface area contributed by atoms with Crippen molar-refractivity contribution in [3.05, 3.63) is 130 Å². The van der Waals surface area contributed by atoms with Gasteiger partial charge in [0, 0.05) is 29.6 Å². The van der Waals surface area contributed by atoms with Gasteiger partial charge in [-0.25, -0.2) is 12.8 Å². The van der Waals surface area contributed by atoms with Crippen LogP contribution in [-0.4, -0.2) is 43.8 Å². The van der Waals surface area contributed by atoms with Crippen molar-refractivity contribution in [2.75, 3.05) is 10.8 Å². The molecule has 0 bridgehead atoms. The fourth-order valence-corrected chi connectivity index (χ4v) is 6.42. The Kier molecular flexibility index (Phi) is 11.0. The van der Waals surface area contributed by atoms with Crippen LogP contribution in [0, 0.1) is 19.7 Å². The number of carbonyl (C=O) groups excluding carboxylic acids is 2. The first-order chi connectivity index (χ1) is 21.4. The highest BCUT2D eigenvalue weighted by molar-refractivity contribution is 7.92. The minimum absolute atomic E-state index is 0.0584. The van der Waals surface area contributed by atoms with Gasteiger partial charge in [0.1, 0.15) is 18.4 Å². The summed E-state index contributed by atoms with van der Waals surface area (Å²) in [6.45, 7) is 6.48. The summed E-state index contributed by atoms with van der Waals surface area (Å²) in [6, 6.07) is 24.7. The largest absolute Gasteiger partial charge is 0.352 e. The topological polar surface area (TPSA) is 86.8 Å². The Hall–Kier alpha value is -4.21. The van der Waals surface area contributed by atoms with E-state index in [0.717, 1.165) is 21.0 Å². The van der Waals surface area contributed by atoms with E-state index in [2.05, 4.69) is 5.32 Å². The predicted octanol–water partition coefficient (Wildman–Crippen LogP) is 6.46. The summed E-state index contributed by atoms with van der Waals surface area (Å²) in [5, 5.41) is 3.25. The van der Waals surface area contributed by atoms with Crippen LogP contribution in [0.5, 0.6) is 0 Å². The molecule has 0 unspecified atom stereocenters. The molecule has 0 fully saturated rings. The second kappa shape index (κ2) is 14.7. The zero-order valence-electron chi connectivity index (χ0n) is 25.7. The number of hydrogen-bond acceptors (Lipinski definition) is 4. The third-order valence-electron chi connectivity index (χ3n) is 7.46. The Bertz CT molecular complexity index is 1750. The second-order valence-electron chi connectivity index (χ2n) is 11.2. The van der Waals surface area contributed by atoms with Crippen molar-refractivity contribution in [2.24, 2.45) is 0 Å². The number of benzene rings is 4. The number of nitrogens with zero attached hydrogens (tertiary/aromatic N) is 2. The van der Waals surface area contributed by atoms with Gasteiger partial charge in [0.2, 0.25) is 11.8 Å². The maximum Gasteiger partial charge on any atom is 0.264 e. The molecule has 4 rings (SSSR count). The van der Waals surface area contributed by atoms with E-state index in [1.807, 2.05) is 44.2 Å². The SMILES string of the molecule is Cc1ccc(N(CC(=O)N(Cc2ccccc2F)[C@@H](Cc2ccccc2)C(=O)NC(C)C)S(=O)(=O)c2ccc(Cl)cc2)cc1C. The van der Waals surface area contributed by atoms with E-state index in [1.54, 1.807) is 44.2 Å². The summed E-state index contributed by atoms with van der Waals surface area (Å²) in [6.07, 6.45) is 0.132. The van der Waals surface area contributed by atoms with Gasteiger partial charge in [-0.15, -0.1) is 0 Å². The van der Waals surface area contributed by atoms with Crippen LogP contribution in [0.1, 0.15) is 36.1 Å². The van der Waals surface area contributed by atoms with Gasteiger partial charge in [0.15, 0.2) is 0 Å². The first-order valence-corrected chi connectivity index (χ1v) is 16.4. The highest BCUT2D eigenvalue weighted by Crippen LogP contribution is 2.28. The minimum Gasteiger partial charge on any atom is -0.352 e. The Labute approximate surface area is 269 Å². The molecule has 0 aliphatic carbocycles. The molecule has 0 saturated carbocycles. The molecule has 0 radical (unpaired) electrons.